The minimum atomic E-state index is -3.42. The zero-order valence-electron chi connectivity index (χ0n) is 14.9. The van der Waals surface area contributed by atoms with Gasteiger partial charge in [0.15, 0.2) is 0 Å². The van der Waals surface area contributed by atoms with Crippen molar-refractivity contribution in [2.24, 2.45) is 0 Å². The second-order valence-corrected chi connectivity index (χ2v) is 12.2. The molecule has 1 saturated heterocycles. The van der Waals surface area contributed by atoms with E-state index in [1.54, 1.807) is 27.8 Å². The number of halogens is 1. The third kappa shape index (κ3) is 3.80. The maximum atomic E-state index is 12.7. The van der Waals surface area contributed by atoms with Gasteiger partial charge >= 0.3 is 0 Å². The van der Waals surface area contributed by atoms with Crippen molar-refractivity contribution in [3.8, 4) is 5.19 Å². The van der Waals surface area contributed by atoms with Crippen LogP contribution >= 0.6 is 38.6 Å². The number of rotatable bonds is 4. The summed E-state index contributed by atoms with van der Waals surface area (Å²) in [6.07, 6.45) is 1.33. The zero-order valence-corrected chi connectivity index (χ0v) is 19.0. The lowest BCUT2D eigenvalue weighted by Gasteiger charge is -2.30. The Hall–Kier alpha value is -1.00. The predicted octanol–water partition coefficient (Wildman–Crippen LogP) is 4.97. The summed E-state index contributed by atoms with van der Waals surface area (Å²) in [6.45, 7) is 5.06. The third-order valence-electron chi connectivity index (χ3n) is 4.73. The van der Waals surface area contributed by atoms with E-state index in [4.69, 9.17) is 4.74 Å². The minimum absolute atomic E-state index is 0.00676. The molecule has 0 saturated carbocycles. The average Bonchev–Trinajstić information content (AvgIpc) is 3.26. The van der Waals surface area contributed by atoms with E-state index in [9.17, 15) is 8.42 Å². The maximum absolute atomic E-state index is 12.7. The summed E-state index contributed by atoms with van der Waals surface area (Å²) in [5, 5.41) is 0.672. The van der Waals surface area contributed by atoms with Crippen molar-refractivity contribution in [1.82, 2.24) is 9.29 Å². The molecule has 0 radical (unpaired) electrons. The molecule has 4 rings (SSSR count). The van der Waals surface area contributed by atoms with Crippen molar-refractivity contribution >= 4 is 58.8 Å². The van der Waals surface area contributed by atoms with Crippen LogP contribution in [0, 0.1) is 13.8 Å². The van der Waals surface area contributed by atoms with Crippen LogP contribution in [0.3, 0.4) is 0 Å². The fourth-order valence-corrected chi connectivity index (χ4v) is 7.85. The molecule has 3 aromatic rings. The number of benzene rings is 1. The normalized spacial score (nSPS) is 16.9. The van der Waals surface area contributed by atoms with E-state index in [-0.39, 0.29) is 6.10 Å². The number of nitrogens with zero attached hydrogens (tertiary/aromatic N) is 2. The van der Waals surface area contributed by atoms with Crippen LogP contribution in [0.25, 0.3) is 10.2 Å². The van der Waals surface area contributed by atoms with Gasteiger partial charge in [-0.25, -0.2) is 13.4 Å². The van der Waals surface area contributed by atoms with Gasteiger partial charge < -0.3 is 4.74 Å². The van der Waals surface area contributed by atoms with Gasteiger partial charge in [-0.15, -0.1) is 11.3 Å². The zero-order chi connectivity index (χ0) is 19.2. The van der Waals surface area contributed by atoms with Crippen LogP contribution in [-0.2, 0) is 10.0 Å². The van der Waals surface area contributed by atoms with Gasteiger partial charge in [0.05, 0.1) is 14.0 Å². The molecule has 9 heteroatoms. The molecule has 2 aromatic heterocycles. The summed E-state index contributed by atoms with van der Waals surface area (Å²) in [6, 6.07) is 7.60. The van der Waals surface area contributed by atoms with E-state index < -0.39 is 10.0 Å². The molecule has 0 N–H and O–H groups in total. The van der Waals surface area contributed by atoms with Gasteiger partial charge in [-0.2, -0.15) is 4.31 Å². The lowest BCUT2D eigenvalue weighted by Crippen LogP contribution is -2.41. The lowest BCUT2D eigenvalue weighted by molar-refractivity contribution is 0.135. The molecule has 27 heavy (non-hydrogen) atoms. The molecule has 0 bridgehead atoms. The van der Waals surface area contributed by atoms with Crippen molar-refractivity contribution in [2.45, 2.75) is 37.0 Å². The van der Waals surface area contributed by atoms with E-state index in [2.05, 4.69) is 46.9 Å². The van der Waals surface area contributed by atoms with Crippen molar-refractivity contribution in [3.63, 3.8) is 0 Å². The van der Waals surface area contributed by atoms with Gasteiger partial charge in [-0.1, -0.05) is 23.5 Å². The Labute approximate surface area is 175 Å². The van der Waals surface area contributed by atoms with Crippen LogP contribution in [0.4, 0.5) is 0 Å². The van der Waals surface area contributed by atoms with E-state index >= 15 is 0 Å². The van der Waals surface area contributed by atoms with Crippen LogP contribution < -0.4 is 4.74 Å². The van der Waals surface area contributed by atoms with Crippen molar-refractivity contribution < 1.29 is 13.2 Å². The van der Waals surface area contributed by atoms with Crippen molar-refractivity contribution in [2.75, 3.05) is 13.1 Å². The first-order valence-electron chi connectivity index (χ1n) is 8.63. The summed E-state index contributed by atoms with van der Waals surface area (Å²) in [7, 11) is -3.42. The summed E-state index contributed by atoms with van der Waals surface area (Å²) in [5.41, 5.74) is 3.34. The molecule has 1 aromatic carbocycles. The van der Waals surface area contributed by atoms with Gasteiger partial charge in [0.2, 0.25) is 0 Å². The number of sulfonamides is 1. The number of piperidine rings is 1. The Morgan fingerprint density at radius 2 is 1.81 bits per heavy atom. The summed E-state index contributed by atoms with van der Waals surface area (Å²) in [4.78, 5) is 4.65. The van der Waals surface area contributed by atoms with Gasteiger partial charge in [-0.05, 0) is 65.9 Å². The number of aromatic nitrogens is 1. The smallest absolute Gasteiger partial charge is 0.274 e. The largest absolute Gasteiger partial charge is 0.467 e. The molecule has 0 spiro atoms. The van der Waals surface area contributed by atoms with Crippen LogP contribution in [0.15, 0.2) is 32.3 Å². The standard InChI is InChI=1S/C18H19BrN2O3S3/c1-11-3-4-12(2)17-16(11)20-18(26-17)24-13-7-9-21(10-8-13)27(22,23)15-6-5-14(19)25-15/h3-6,13H,7-10H2,1-2H3. The minimum Gasteiger partial charge on any atom is -0.467 e. The predicted molar refractivity (Wildman–Crippen MR) is 114 cm³/mol. The average molecular weight is 487 g/mol. The van der Waals surface area contributed by atoms with Crippen LogP contribution in [-0.4, -0.2) is 36.9 Å². The van der Waals surface area contributed by atoms with E-state index in [1.807, 2.05) is 0 Å². The lowest BCUT2D eigenvalue weighted by atomic mass is 10.1. The number of thiazole rings is 1. The Kier molecular flexibility index (Phi) is 5.32. The molecule has 1 fully saturated rings. The number of fused-ring (bicyclic) bond motifs is 1. The fourth-order valence-electron chi connectivity index (χ4n) is 3.19. The van der Waals surface area contributed by atoms with Gasteiger partial charge in [0.25, 0.3) is 15.2 Å². The van der Waals surface area contributed by atoms with Gasteiger partial charge in [0.1, 0.15) is 10.3 Å². The topological polar surface area (TPSA) is 59.5 Å². The SMILES string of the molecule is Cc1ccc(C)c2sc(OC3CCN(S(=O)(=O)c4ccc(Br)s4)CC3)nc12. The fraction of sp³-hybridized carbons (Fsp3) is 0.389. The van der Waals surface area contributed by atoms with E-state index in [1.165, 1.54) is 16.9 Å². The number of hydrogen-bond acceptors (Lipinski definition) is 6. The van der Waals surface area contributed by atoms with E-state index in [0.29, 0.717) is 35.3 Å². The Bertz CT molecular complexity index is 1040. The number of aryl methyl sites for hydroxylation is 2. The summed E-state index contributed by atoms with van der Waals surface area (Å²) in [5.74, 6) is 0. The van der Waals surface area contributed by atoms with E-state index in [0.717, 1.165) is 19.6 Å². The number of hydrogen-bond donors (Lipinski definition) is 0. The Balaban J connectivity index is 1.44. The molecule has 144 valence electrons. The second-order valence-electron chi connectivity index (χ2n) is 6.64. The van der Waals surface area contributed by atoms with Crippen molar-refractivity contribution in [1.29, 1.82) is 0 Å². The van der Waals surface area contributed by atoms with Crippen LogP contribution in [0.5, 0.6) is 5.19 Å². The molecule has 5 nitrogen and oxygen atoms in total. The molecule has 1 aliphatic heterocycles. The van der Waals surface area contributed by atoms with Gasteiger partial charge in [-0.3, -0.25) is 0 Å². The molecular weight excluding hydrogens is 468 g/mol. The highest BCUT2D eigenvalue weighted by atomic mass is 79.9. The highest BCUT2D eigenvalue weighted by Gasteiger charge is 2.31. The number of thiophene rings is 1. The maximum Gasteiger partial charge on any atom is 0.274 e. The monoisotopic (exact) mass is 486 g/mol. The first-order chi connectivity index (χ1) is 12.8. The molecule has 0 amide bonds. The molecular formula is C18H19BrN2O3S3. The first kappa shape index (κ1) is 19.3. The summed E-state index contributed by atoms with van der Waals surface area (Å²) >= 11 is 6.14. The Morgan fingerprint density at radius 3 is 2.44 bits per heavy atom. The molecule has 0 atom stereocenters. The van der Waals surface area contributed by atoms with Crippen LogP contribution in [0.1, 0.15) is 24.0 Å². The molecule has 3 heterocycles. The molecule has 0 unspecified atom stereocenters. The molecule has 1 aliphatic rings. The van der Waals surface area contributed by atoms with Gasteiger partial charge in [0, 0.05) is 13.1 Å². The highest BCUT2D eigenvalue weighted by Crippen LogP contribution is 2.34. The van der Waals surface area contributed by atoms with Crippen LogP contribution in [0.2, 0.25) is 0 Å². The van der Waals surface area contributed by atoms with Crippen molar-refractivity contribution in [3.05, 3.63) is 39.2 Å². The Morgan fingerprint density at radius 1 is 1.11 bits per heavy atom. The molecule has 0 aliphatic carbocycles. The first-order valence-corrected chi connectivity index (χ1v) is 12.5. The summed E-state index contributed by atoms with van der Waals surface area (Å²) < 4.78 is 35.5. The second kappa shape index (κ2) is 7.44. The quantitative estimate of drug-likeness (QED) is 0.522. The third-order valence-corrected chi connectivity index (χ3v) is 9.80. The number of ether oxygens (including phenoxy) is 1. The highest BCUT2D eigenvalue weighted by molar-refractivity contribution is 9.11.